The molecule has 1 aliphatic rings. The van der Waals surface area contributed by atoms with Crippen molar-refractivity contribution in [3.63, 3.8) is 0 Å². The van der Waals surface area contributed by atoms with Crippen molar-refractivity contribution in [2.45, 2.75) is 18.9 Å². The lowest BCUT2D eigenvalue weighted by Crippen LogP contribution is -2.46. The van der Waals surface area contributed by atoms with Crippen molar-refractivity contribution in [2.75, 3.05) is 32.1 Å². The first-order valence-corrected chi connectivity index (χ1v) is 9.75. The predicted molar refractivity (Wildman–Crippen MR) is 112 cm³/mol. The number of nitrogens with one attached hydrogen (secondary N) is 2. The van der Waals surface area contributed by atoms with E-state index < -0.39 is 5.97 Å². The zero-order chi connectivity index (χ0) is 21.5. The highest BCUT2D eigenvalue weighted by Crippen LogP contribution is 2.15. The quantitative estimate of drug-likeness (QED) is 0.645. The molecule has 0 aliphatic carbocycles. The Balaban J connectivity index is 1.43. The van der Waals surface area contributed by atoms with E-state index in [-0.39, 0.29) is 30.0 Å². The standard InChI is InChI=1S/C22H25N3O5/c1-30-19-4-2-3-16(13-19)21(27)24-18-9-11-25(12-10-18)14-20(26)23-17-7-5-15(6-8-17)22(28)29/h2-8,13,18H,9-12,14H2,1H3,(H,23,26)(H,24,27)(H,28,29). The summed E-state index contributed by atoms with van der Waals surface area (Å²) in [5.41, 5.74) is 1.29. The Morgan fingerprint density at radius 3 is 2.40 bits per heavy atom. The van der Waals surface area contributed by atoms with Crippen molar-refractivity contribution in [1.29, 1.82) is 0 Å². The largest absolute Gasteiger partial charge is 0.497 e. The second-order valence-electron chi connectivity index (χ2n) is 7.19. The van der Waals surface area contributed by atoms with Gasteiger partial charge in [-0.15, -0.1) is 0 Å². The Bertz CT molecular complexity index is 905. The van der Waals surface area contributed by atoms with Crippen LogP contribution in [0.5, 0.6) is 5.75 Å². The zero-order valence-corrected chi connectivity index (χ0v) is 16.8. The molecular formula is C22H25N3O5. The Labute approximate surface area is 174 Å². The van der Waals surface area contributed by atoms with Crippen molar-refractivity contribution in [3.05, 3.63) is 59.7 Å². The Hall–Kier alpha value is -3.39. The van der Waals surface area contributed by atoms with Crippen LogP contribution in [0.2, 0.25) is 0 Å². The summed E-state index contributed by atoms with van der Waals surface area (Å²) in [6.07, 6.45) is 1.52. The number of rotatable bonds is 7. The van der Waals surface area contributed by atoms with Gasteiger partial charge in [-0.05, 0) is 55.3 Å². The van der Waals surface area contributed by atoms with Gasteiger partial charge in [-0.3, -0.25) is 14.5 Å². The van der Waals surface area contributed by atoms with Crippen LogP contribution in [0.4, 0.5) is 5.69 Å². The lowest BCUT2D eigenvalue weighted by molar-refractivity contribution is -0.117. The van der Waals surface area contributed by atoms with Crippen LogP contribution >= 0.6 is 0 Å². The maximum Gasteiger partial charge on any atom is 0.335 e. The molecule has 2 aromatic carbocycles. The van der Waals surface area contributed by atoms with E-state index in [1.165, 1.54) is 12.1 Å². The second kappa shape index (κ2) is 9.89. The summed E-state index contributed by atoms with van der Waals surface area (Å²) in [4.78, 5) is 37.6. The van der Waals surface area contributed by atoms with Crippen LogP contribution in [0.1, 0.15) is 33.6 Å². The molecule has 1 heterocycles. The topological polar surface area (TPSA) is 108 Å². The fourth-order valence-corrected chi connectivity index (χ4v) is 3.37. The normalized spacial score (nSPS) is 14.7. The van der Waals surface area contributed by atoms with Gasteiger partial charge in [0.2, 0.25) is 5.91 Å². The average Bonchev–Trinajstić information content (AvgIpc) is 2.75. The predicted octanol–water partition coefficient (Wildman–Crippen LogP) is 2.23. The number of hydrogen-bond donors (Lipinski definition) is 3. The molecule has 2 aromatic rings. The number of carbonyl (C=O) groups excluding carboxylic acids is 2. The first kappa shape index (κ1) is 21.3. The van der Waals surface area contributed by atoms with Gasteiger partial charge in [-0.25, -0.2) is 4.79 Å². The van der Waals surface area contributed by atoms with E-state index >= 15 is 0 Å². The van der Waals surface area contributed by atoms with Crippen LogP contribution in [0.15, 0.2) is 48.5 Å². The third-order valence-electron chi connectivity index (χ3n) is 5.04. The van der Waals surface area contributed by atoms with E-state index in [1.807, 2.05) is 4.90 Å². The molecule has 0 spiro atoms. The molecule has 1 saturated heterocycles. The monoisotopic (exact) mass is 411 g/mol. The number of methoxy groups -OCH3 is 1. The minimum atomic E-state index is -1.01. The first-order valence-electron chi connectivity index (χ1n) is 9.75. The van der Waals surface area contributed by atoms with Crippen molar-refractivity contribution in [1.82, 2.24) is 10.2 Å². The van der Waals surface area contributed by atoms with E-state index in [2.05, 4.69) is 10.6 Å². The summed E-state index contributed by atoms with van der Waals surface area (Å²) in [7, 11) is 1.56. The van der Waals surface area contributed by atoms with Crippen LogP contribution in [-0.2, 0) is 4.79 Å². The third kappa shape index (κ3) is 5.81. The van der Waals surface area contributed by atoms with Crippen LogP contribution in [-0.4, -0.2) is 60.6 Å². The Kier molecular flexibility index (Phi) is 7.03. The molecule has 0 bridgehead atoms. The summed E-state index contributed by atoms with van der Waals surface area (Å²) in [6.45, 7) is 1.65. The number of carbonyl (C=O) groups is 3. The number of hydrogen-bond acceptors (Lipinski definition) is 5. The molecule has 1 aliphatic heterocycles. The van der Waals surface area contributed by atoms with Crippen LogP contribution in [0.25, 0.3) is 0 Å². The van der Waals surface area contributed by atoms with Gasteiger partial charge < -0.3 is 20.5 Å². The van der Waals surface area contributed by atoms with Gasteiger partial charge in [-0.1, -0.05) is 6.07 Å². The molecule has 3 N–H and O–H groups in total. The SMILES string of the molecule is COc1cccc(C(=O)NC2CCN(CC(=O)Nc3ccc(C(=O)O)cc3)CC2)c1. The number of anilines is 1. The molecule has 8 heteroatoms. The smallest absolute Gasteiger partial charge is 0.335 e. The molecule has 2 amide bonds. The average molecular weight is 411 g/mol. The summed E-state index contributed by atoms with van der Waals surface area (Å²) in [5, 5.41) is 14.7. The molecule has 0 aromatic heterocycles. The molecule has 8 nitrogen and oxygen atoms in total. The van der Waals surface area contributed by atoms with E-state index in [4.69, 9.17) is 9.84 Å². The molecular weight excluding hydrogens is 386 g/mol. The van der Waals surface area contributed by atoms with Crippen molar-refractivity contribution in [2.24, 2.45) is 0 Å². The van der Waals surface area contributed by atoms with Gasteiger partial charge >= 0.3 is 5.97 Å². The van der Waals surface area contributed by atoms with E-state index in [9.17, 15) is 14.4 Å². The van der Waals surface area contributed by atoms with Gasteiger partial charge in [-0.2, -0.15) is 0 Å². The number of nitrogens with zero attached hydrogens (tertiary/aromatic N) is 1. The maximum atomic E-state index is 12.4. The van der Waals surface area contributed by atoms with Crippen molar-refractivity contribution >= 4 is 23.5 Å². The number of ether oxygens (including phenoxy) is 1. The third-order valence-corrected chi connectivity index (χ3v) is 5.04. The van der Waals surface area contributed by atoms with Crippen LogP contribution < -0.4 is 15.4 Å². The van der Waals surface area contributed by atoms with E-state index in [1.54, 1.807) is 43.5 Å². The number of carboxylic acid groups (broad SMARTS) is 1. The number of aromatic carboxylic acids is 1. The Morgan fingerprint density at radius 2 is 1.77 bits per heavy atom. The molecule has 30 heavy (non-hydrogen) atoms. The fourth-order valence-electron chi connectivity index (χ4n) is 3.37. The highest BCUT2D eigenvalue weighted by Gasteiger charge is 2.22. The summed E-state index contributed by atoms with van der Waals surface area (Å²) in [5.74, 6) is -0.651. The molecule has 0 saturated carbocycles. The molecule has 158 valence electrons. The summed E-state index contributed by atoms with van der Waals surface area (Å²) >= 11 is 0. The van der Waals surface area contributed by atoms with Crippen molar-refractivity contribution < 1.29 is 24.2 Å². The molecule has 3 rings (SSSR count). The van der Waals surface area contributed by atoms with Crippen LogP contribution in [0.3, 0.4) is 0 Å². The lowest BCUT2D eigenvalue weighted by Gasteiger charge is -2.31. The number of piperidine rings is 1. The van der Waals surface area contributed by atoms with Gasteiger partial charge in [0.1, 0.15) is 5.75 Å². The molecule has 0 radical (unpaired) electrons. The first-order chi connectivity index (χ1) is 14.4. The molecule has 0 atom stereocenters. The number of likely N-dealkylation sites (tertiary alicyclic amines) is 1. The number of amides is 2. The van der Waals surface area contributed by atoms with E-state index in [0.717, 1.165) is 12.8 Å². The Morgan fingerprint density at radius 1 is 1.07 bits per heavy atom. The van der Waals surface area contributed by atoms with Gasteiger partial charge in [0.15, 0.2) is 0 Å². The van der Waals surface area contributed by atoms with Crippen molar-refractivity contribution in [3.8, 4) is 5.75 Å². The number of benzene rings is 2. The molecule has 1 fully saturated rings. The van der Waals surface area contributed by atoms with Gasteiger partial charge in [0, 0.05) is 30.4 Å². The summed E-state index contributed by atoms with van der Waals surface area (Å²) in [6, 6.07) is 13.1. The zero-order valence-electron chi connectivity index (χ0n) is 16.8. The van der Waals surface area contributed by atoms with E-state index in [0.29, 0.717) is 30.1 Å². The number of carboxylic acids is 1. The van der Waals surface area contributed by atoms with Gasteiger partial charge in [0.05, 0.1) is 19.2 Å². The summed E-state index contributed by atoms with van der Waals surface area (Å²) < 4.78 is 5.15. The lowest BCUT2D eigenvalue weighted by atomic mass is 10.0. The maximum absolute atomic E-state index is 12.4. The van der Waals surface area contributed by atoms with Gasteiger partial charge in [0.25, 0.3) is 5.91 Å². The second-order valence-corrected chi connectivity index (χ2v) is 7.19. The fraction of sp³-hybridized carbons (Fsp3) is 0.318. The molecule has 0 unspecified atom stereocenters. The highest BCUT2D eigenvalue weighted by atomic mass is 16.5. The highest BCUT2D eigenvalue weighted by molar-refractivity contribution is 5.95. The minimum absolute atomic E-state index is 0.0616. The minimum Gasteiger partial charge on any atom is -0.497 e. The van der Waals surface area contributed by atoms with Crippen LogP contribution in [0, 0.1) is 0 Å².